The van der Waals surface area contributed by atoms with Crippen molar-refractivity contribution in [3.63, 3.8) is 0 Å². The zero-order valence-electron chi connectivity index (χ0n) is 12.8. The van der Waals surface area contributed by atoms with Crippen LogP contribution < -0.4 is 14.8 Å². The first-order valence-electron chi connectivity index (χ1n) is 6.98. The van der Waals surface area contributed by atoms with Crippen LogP contribution in [0.5, 0.6) is 11.5 Å². The van der Waals surface area contributed by atoms with Gasteiger partial charge in [0, 0.05) is 0 Å². The third-order valence-electron chi connectivity index (χ3n) is 3.15. The van der Waals surface area contributed by atoms with Crippen molar-refractivity contribution in [3.8, 4) is 22.1 Å². The van der Waals surface area contributed by atoms with Crippen molar-refractivity contribution >= 4 is 11.3 Å². The Bertz CT molecular complexity index is 586. The van der Waals surface area contributed by atoms with Crippen LogP contribution in [0.3, 0.4) is 0 Å². The molecule has 0 fully saturated rings. The molecule has 0 amide bonds. The normalized spacial score (nSPS) is 12.2. The van der Waals surface area contributed by atoms with Crippen molar-refractivity contribution in [1.29, 1.82) is 0 Å². The number of ether oxygens (including phenoxy) is 2. The lowest BCUT2D eigenvalue weighted by Gasteiger charge is -2.09. The summed E-state index contributed by atoms with van der Waals surface area (Å²) in [6, 6.07) is 5.88. The summed E-state index contributed by atoms with van der Waals surface area (Å²) in [5.74, 6) is 1.55. The first kappa shape index (κ1) is 15.7. The minimum absolute atomic E-state index is 0.202. The number of methoxy groups -OCH3 is 2. The summed E-state index contributed by atoms with van der Waals surface area (Å²) in [6.07, 6.45) is 1.10. The molecule has 114 valence electrons. The first-order valence-corrected chi connectivity index (χ1v) is 7.80. The lowest BCUT2D eigenvalue weighted by atomic mass is 10.2. The van der Waals surface area contributed by atoms with Crippen LogP contribution in [-0.2, 0) is 0 Å². The quantitative estimate of drug-likeness (QED) is 0.850. The second kappa shape index (κ2) is 7.38. The maximum Gasteiger partial charge on any atom is 0.151 e. The summed E-state index contributed by atoms with van der Waals surface area (Å²) in [6.45, 7) is 5.22. The van der Waals surface area contributed by atoms with E-state index in [2.05, 4.69) is 29.4 Å². The smallest absolute Gasteiger partial charge is 0.151 e. The number of nitrogens with one attached hydrogen (secondary N) is 1. The number of benzene rings is 1. The predicted octanol–water partition coefficient (Wildman–Crippen LogP) is 3.28. The zero-order chi connectivity index (χ0) is 15.2. The molecule has 0 aliphatic rings. The van der Waals surface area contributed by atoms with Gasteiger partial charge in [-0.25, -0.2) is 0 Å². The lowest BCUT2D eigenvalue weighted by Crippen LogP contribution is -2.18. The van der Waals surface area contributed by atoms with Gasteiger partial charge in [0.1, 0.15) is 16.5 Å². The topological polar surface area (TPSA) is 56.3 Å². The second-order valence-electron chi connectivity index (χ2n) is 4.69. The Kier molecular flexibility index (Phi) is 5.52. The summed E-state index contributed by atoms with van der Waals surface area (Å²) < 4.78 is 10.7. The molecule has 5 nitrogen and oxygen atoms in total. The van der Waals surface area contributed by atoms with Gasteiger partial charge in [-0.1, -0.05) is 18.3 Å². The highest BCUT2D eigenvalue weighted by molar-refractivity contribution is 7.14. The van der Waals surface area contributed by atoms with E-state index >= 15 is 0 Å². The standard InChI is InChI=1S/C15H21N3O2S/c1-5-8-16-10(2)14-17-18-15(21-14)12-9-11(19-3)6-7-13(12)20-4/h6-7,9-10,16H,5,8H2,1-4H3. The van der Waals surface area contributed by atoms with E-state index in [0.717, 1.165) is 40.0 Å². The van der Waals surface area contributed by atoms with Crippen LogP contribution in [0.25, 0.3) is 10.6 Å². The van der Waals surface area contributed by atoms with Gasteiger partial charge in [0.2, 0.25) is 0 Å². The van der Waals surface area contributed by atoms with E-state index in [0.29, 0.717) is 0 Å². The number of nitrogens with zero attached hydrogens (tertiary/aromatic N) is 2. The second-order valence-corrected chi connectivity index (χ2v) is 5.70. The van der Waals surface area contributed by atoms with Gasteiger partial charge in [0.05, 0.1) is 25.8 Å². The Morgan fingerprint density at radius 3 is 2.71 bits per heavy atom. The molecule has 0 radical (unpaired) electrons. The number of rotatable bonds is 7. The van der Waals surface area contributed by atoms with E-state index in [-0.39, 0.29) is 6.04 Å². The average molecular weight is 307 g/mol. The number of hydrogen-bond acceptors (Lipinski definition) is 6. The minimum Gasteiger partial charge on any atom is -0.497 e. The van der Waals surface area contributed by atoms with E-state index in [1.54, 1.807) is 25.6 Å². The molecule has 2 aromatic rings. The molecule has 1 unspecified atom stereocenters. The fraction of sp³-hybridized carbons (Fsp3) is 0.467. The van der Waals surface area contributed by atoms with Gasteiger partial charge in [0.25, 0.3) is 0 Å². The lowest BCUT2D eigenvalue weighted by molar-refractivity contribution is 0.404. The zero-order valence-corrected chi connectivity index (χ0v) is 13.7. The summed E-state index contributed by atoms with van der Waals surface area (Å²) in [5, 5.41) is 13.8. The molecule has 1 aromatic carbocycles. The van der Waals surface area contributed by atoms with E-state index in [1.165, 1.54) is 0 Å². The Hall–Kier alpha value is -1.66. The summed E-state index contributed by atoms with van der Waals surface area (Å²) in [7, 11) is 3.30. The molecule has 0 aliphatic carbocycles. The molecule has 0 saturated carbocycles. The van der Waals surface area contributed by atoms with Crippen molar-refractivity contribution in [2.45, 2.75) is 26.3 Å². The van der Waals surface area contributed by atoms with Crippen LogP contribution >= 0.6 is 11.3 Å². The first-order chi connectivity index (χ1) is 10.2. The van der Waals surface area contributed by atoms with Crippen LogP contribution in [0.1, 0.15) is 31.3 Å². The van der Waals surface area contributed by atoms with Gasteiger partial charge in [0.15, 0.2) is 5.01 Å². The van der Waals surface area contributed by atoms with E-state index in [4.69, 9.17) is 9.47 Å². The molecule has 0 saturated heterocycles. The van der Waals surface area contributed by atoms with Crippen molar-refractivity contribution in [2.24, 2.45) is 0 Å². The van der Waals surface area contributed by atoms with Crippen molar-refractivity contribution in [3.05, 3.63) is 23.2 Å². The van der Waals surface area contributed by atoms with Crippen molar-refractivity contribution in [2.75, 3.05) is 20.8 Å². The van der Waals surface area contributed by atoms with Crippen LogP contribution in [0, 0.1) is 0 Å². The van der Waals surface area contributed by atoms with Crippen LogP contribution in [0.2, 0.25) is 0 Å². The SMILES string of the molecule is CCCNC(C)c1nnc(-c2cc(OC)ccc2OC)s1. The Balaban J connectivity index is 2.28. The fourth-order valence-electron chi connectivity index (χ4n) is 1.95. The molecule has 6 heteroatoms. The monoisotopic (exact) mass is 307 g/mol. The van der Waals surface area contributed by atoms with E-state index < -0.39 is 0 Å². The molecule has 0 aliphatic heterocycles. The Morgan fingerprint density at radius 2 is 2.05 bits per heavy atom. The highest BCUT2D eigenvalue weighted by Crippen LogP contribution is 2.36. The number of aromatic nitrogens is 2. The van der Waals surface area contributed by atoms with Crippen molar-refractivity contribution in [1.82, 2.24) is 15.5 Å². The number of hydrogen-bond donors (Lipinski definition) is 1. The molecule has 1 aromatic heterocycles. The molecule has 1 atom stereocenters. The van der Waals surface area contributed by atoms with Gasteiger partial charge in [-0.3, -0.25) is 0 Å². The van der Waals surface area contributed by atoms with E-state index in [1.807, 2.05) is 18.2 Å². The third kappa shape index (κ3) is 3.71. The molecule has 0 bridgehead atoms. The molecule has 2 rings (SSSR count). The fourth-order valence-corrected chi connectivity index (χ4v) is 2.84. The van der Waals surface area contributed by atoms with Gasteiger partial charge < -0.3 is 14.8 Å². The average Bonchev–Trinajstić information content (AvgIpc) is 3.01. The molecule has 1 heterocycles. The predicted molar refractivity (Wildman–Crippen MR) is 85.2 cm³/mol. The highest BCUT2D eigenvalue weighted by Gasteiger charge is 2.16. The molecule has 21 heavy (non-hydrogen) atoms. The summed E-state index contributed by atoms with van der Waals surface area (Å²) in [5.41, 5.74) is 0.906. The molecular formula is C15H21N3O2S. The molecule has 0 spiro atoms. The maximum atomic E-state index is 5.40. The Morgan fingerprint density at radius 1 is 1.24 bits per heavy atom. The van der Waals surface area contributed by atoms with Crippen LogP contribution in [-0.4, -0.2) is 31.0 Å². The minimum atomic E-state index is 0.202. The van der Waals surface area contributed by atoms with Crippen LogP contribution in [0.4, 0.5) is 0 Å². The highest BCUT2D eigenvalue weighted by atomic mass is 32.1. The third-order valence-corrected chi connectivity index (χ3v) is 4.29. The van der Waals surface area contributed by atoms with Gasteiger partial charge in [-0.15, -0.1) is 10.2 Å². The largest absolute Gasteiger partial charge is 0.497 e. The van der Waals surface area contributed by atoms with Gasteiger partial charge in [-0.05, 0) is 38.1 Å². The van der Waals surface area contributed by atoms with Crippen LogP contribution in [0.15, 0.2) is 18.2 Å². The molecule has 1 N–H and O–H groups in total. The maximum absolute atomic E-state index is 5.40. The van der Waals surface area contributed by atoms with E-state index in [9.17, 15) is 0 Å². The summed E-state index contributed by atoms with van der Waals surface area (Å²) in [4.78, 5) is 0. The molecular weight excluding hydrogens is 286 g/mol. The Labute approximate surface area is 129 Å². The van der Waals surface area contributed by atoms with Gasteiger partial charge in [-0.2, -0.15) is 0 Å². The van der Waals surface area contributed by atoms with Gasteiger partial charge >= 0.3 is 0 Å². The van der Waals surface area contributed by atoms with Crippen molar-refractivity contribution < 1.29 is 9.47 Å². The summed E-state index contributed by atoms with van der Waals surface area (Å²) >= 11 is 1.57.